The van der Waals surface area contributed by atoms with E-state index in [-0.39, 0.29) is 17.9 Å². The summed E-state index contributed by atoms with van der Waals surface area (Å²) < 4.78 is 0. The maximum atomic E-state index is 13.3. The van der Waals surface area contributed by atoms with Crippen LogP contribution in [-0.2, 0) is 22.4 Å². The van der Waals surface area contributed by atoms with Crippen LogP contribution in [0.2, 0.25) is 0 Å². The summed E-state index contributed by atoms with van der Waals surface area (Å²) in [6.45, 7) is 2.43. The van der Waals surface area contributed by atoms with Crippen molar-refractivity contribution in [2.24, 2.45) is 0 Å². The third kappa shape index (κ3) is 4.78. The van der Waals surface area contributed by atoms with Crippen LogP contribution in [0.25, 0.3) is 0 Å². The highest BCUT2D eigenvalue weighted by molar-refractivity contribution is 6.00. The van der Waals surface area contributed by atoms with E-state index in [4.69, 9.17) is 0 Å². The van der Waals surface area contributed by atoms with E-state index < -0.39 is 6.04 Å². The van der Waals surface area contributed by atoms with Gasteiger partial charge in [-0.1, -0.05) is 48.5 Å². The second kappa shape index (κ2) is 9.51. The molecular formula is C23H29N3O2. The predicted molar refractivity (Wildman–Crippen MR) is 112 cm³/mol. The van der Waals surface area contributed by atoms with E-state index in [1.165, 1.54) is 5.56 Å². The van der Waals surface area contributed by atoms with Crippen LogP contribution >= 0.6 is 0 Å². The second-order valence-electron chi connectivity index (χ2n) is 7.32. The van der Waals surface area contributed by atoms with Crippen molar-refractivity contribution >= 4 is 17.5 Å². The number of benzene rings is 2. The van der Waals surface area contributed by atoms with Crippen LogP contribution in [0.5, 0.6) is 0 Å². The van der Waals surface area contributed by atoms with Gasteiger partial charge in [-0.3, -0.25) is 9.59 Å². The fraction of sp³-hybridized carbons (Fsp3) is 0.391. The minimum atomic E-state index is -0.493. The van der Waals surface area contributed by atoms with Crippen molar-refractivity contribution in [3.05, 3.63) is 65.7 Å². The number of amides is 2. The topological polar surface area (TPSA) is 61.4 Å². The highest BCUT2D eigenvalue weighted by atomic mass is 16.2. The van der Waals surface area contributed by atoms with Crippen LogP contribution in [-0.4, -0.2) is 37.5 Å². The molecule has 0 spiro atoms. The molecule has 1 unspecified atom stereocenters. The van der Waals surface area contributed by atoms with Crippen molar-refractivity contribution in [3.63, 3.8) is 0 Å². The molecule has 28 heavy (non-hydrogen) atoms. The number of para-hydroxylation sites is 1. The minimum absolute atomic E-state index is 0.0188. The van der Waals surface area contributed by atoms with Crippen molar-refractivity contribution in [1.29, 1.82) is 0 Å². The molecule has 0 fully saturated rings. The normalized spacial score (nSPS) is 17.6. The second-order valence-corrected chi connectivity index (χ2v) is 7.32. The molecule has 1 aliphatic rings. The third-order valence-corrected chi connectivity index (χ3v) is 5.38. The number of hydrogen-bond donors (Lipinski definition) is 2. The van der Waals surface area contributed by atoms with E-state index in [0.29, 0.717) is 13.0 Å². The summed E-state index contributed by atoms with van der Waals surface area (Å²) in [5, 5.41) is 5.87. The lowest BCUT2D eigenvalue weighted by Gasteiger charge is -2.27. The molecule has 148 valence electrons. The first-order valence-electron chi connectivity index (χ1n) is 10.0. The Hall–Kier alpha value is -2.66. The van der Waals surface area contributed by atoms with Gasteiger partial charge in [-0.25, -0.2) is 0 Å². The summed E-state index contributed by atoms with van der Waals surface area (Å²) in [6, 6.07) is 17.6. The first-order valence-corrected chi connectivity index (χ1v) is 10.0. The van der Waals surface area contributed by atoms with E-state index in [1.807, 2.05) is 41.3 Å². The van der Waals surface area contributed by atoms with Crippen LogP contribution in [0.15, 0.2) is 54.6 Å². The molecule has 0 aliphatic carbocycles. The van der Waals surface area contributed by atoms with Gasteiger partial charge >= 0.3 is 0 Å². The van der Waals surface area contributed by atoms with Gasteiger partial charge in [0.05, 0.1) is 6.04 Å². The Kier molecular flexibility index (Phi) is 6.82. The maximum absolute atomic E-state index is 13.3. The molecule has 2 aromatic carbocycles. The molecule has 2 atom stereocenters. The maximum Gasteiger partial charge on any atom is 0.249 e. The largest absolute Gasteiger partial charge is 0.343 e. The molecule has 2 N–H and O–H groups in total. The summed E-state index contributed by atoms with van der Waals surface area (Å²) in [7, 11) is 1.74. The van der Waals surface area contributed by atoms with Crippen molar-refractivity contribution < 1.29 is 9.59 Å². The highest BCUT2D eigenvalue weighted by Gasteiger charge is 2.31. The molecule has 5 heteroatoms. The van der Waals surface area contributed by atoms with Gasteiger partial charge in [0.15, 0.2) is 0 Å². The first-order chi connectivity index (χ1) is 13.6. The molecule has 0 saturated heterocycles. The number of fused-ring (bicyclic) bond motifs is 1. The number of aryl methyl sites for hydroxylation is 2. The highest BCUT2D eigenvalue weighted by Crippen LogP contribution is 2.27. The van der Waals surface area contributed by atoms with Crippen molar-refractivity contribution in [2.75, 3.05) is 18.5 Å². The van der Waals surface area contributed by atoms with Gasteiger partial charge in [-0.2, -0.15) is 0 Å². The lowest BCUT2D eigenvalue weighted by atomic mass is 10.1. The fourth-order valence-electron chi connectivity index (χ4n) is 3.59. The Morgan fingerprint density at radius 2 is 1.86 bits per heavy atom. The molecule has 0 saturated carbocycles. The van der Waals surface area contributed by atoms with E-state index in [9.17, 15) is 9.59 Å². The molecule has 0 bridgehead atoms. The van der Waals surface area contributed by atoms with Crippen molar-refractivity contribution in [1.82, 2.24) is 10.6 Å². The fourth-order valence-corrected chi connectivity index (χ4v) is 3.59. The molecule has 2 amide bonds. The van der Waals surface area contributed by atoms with E-state index in [1.54, 1.807) is 14.0 Å². The van der Waals surface area contributed by atoms with Gasteiger partial charge in [0.1, 0.15) is 6.04 Å². The van der Waals surface area contributed by atoms with E-state index in [0.717, 1.165) is 30.5 Å². The van der Waals surface area contributed by atoms with Crippen LogP contribution < -0.4 is 15.5 Å². The Balaban J connectivity index is 1.75. The first kappa shape index (κ1) is 20.1. The van der Waals surface area contributed by atoms with E-state index in [2.05, 4.69) is 28.8 Å². The van der Waals surface area contributed by atoms with Gasteiger partial charge in [0, 0.05) is 12.2 Å². The lowest BCUT2D eigenvalue weighted by molar-refractivity contribution is -0.128. The van der Waals surface area contributed by atoms with Gasteiger partial charge < -0.3 is 15.5 Å². The summed E-state index contributed by atoms with van der Waals surface area (Å²) >= 11 is 0. The number of nitrogens with one attached hydrogen (secondary N) is 2. The van der Waals surface area contributed by atoms with Gasteiger partial charge in [0.25, 0.3) is 0 Å². The minimum Gasteiger partial charge on any atom is -0.343 e. The number of anilines is 1. The van der Waals surface area contributed by atoms with E-state index >= 15 is 0 Å². The average Bonchev–Trinajstić information content (AvgIpc) is 2.86. The van der Waals surface area contributed by atoms with Crippen LogP contribution in [0.1, 0.15) is 30.9 Å². The number of carbonyl (C=O) groups excluding carboxylic acids is 2. The smallest absolute Gasteiger partial charge is 0.249 e. The van der Waals surface area contributed by atoms with Crippen LogP contribution in [0.3, 0.4) is 0 Å². The van der Waals surface area contributed by atoms with Gasteiger partial charge in [-0.05, 0) is 56.8 Å². The molecule has 0 aromatic heterocycles. The molecule has 1 aliphatic heterocycles. The Labute approximate surface area is 167 Å². The SMILES string of the molecule is CN[C@@H](C)C(=O)NC1CCc2ccccc2N(CCCc2ccccc2)C1=O. The van der Waals surface area contributed by atoms with Gasteiger partial charge in [-0.15, -0.1) is 0 Å². The average molecular weight is 380 g/mol. The molecule has 2 aromatic rings. The van der Waals surface area contributed by atoms with Gasteiger partial charge in [0.2, 0.25) is 11.8 Å². The van der Waals surface area contributed by atoms with Crippen LogP contribution in [0, 0.1) is 0 Å². The number of rotatable bonds is 7. The molecule has 1 heterocycles. The molecule has 5 nitrogen and oxygen atoms in total. The zero-order chi connectivity index (χ0) is 19.9. The summed E-state index contributed by atoms with van der Waals surface area (Å²) in [5.74, 6) is -0.161. The third-order valence-electron chi connectivity index (χ3n) is 5.38. The monoisotopic (exact) mass is 379 g/mol. The molecule has 0 radical (unpaired) electrons. The summed E-state index contributed by atoms with van der Waals surface area (Å²) in [5.41, 5.74) is 3.40. The zero-order valence-corrected chi connectivity index (χ0v) is 16.7. The number of nitrogens with zero attached hydrogens (tertiary/aromatic N) is 1. The van der Waals surface area contributed by atoms with Crippen molar-refractivity contribution in [3.8, 4) is 0 Å². The zero-order valence-electron chi connectivity index (χ0n) is 16.7. The number of likely N-dealkylation sites (N-methyl/N-ethyl adjacent to an activating group) is 1. The summed E-state index contributed by atoms with van der Waals surface area (Å²) in [4.78, 5) is 27.5. The van der Waals surface area contributed by atoms with Crippen LogP contribution in [0.4, 0.5) is 5.69 Å². The Morgan fingerprint density at radius 1 is 1.14 bits per heavy atom. The Morgan fingerprint density at radius 3 is 2.61 bits per heavy atom. The van der Waals surface area contributed by atoms with Crippen molar-refractivity contribution in [2.45, 2.75) is 44.7 Å². The Bertz CT molecular complexity index is 807. The molecule has 3 rings (SSSR count). The molecular weight excluding hydrogens is 350 g/mol. The summed E-state index contributed by atoms with van der Waals surface area (Å²) in [6.07, 6.45) is 3.18. The number of hydrogen-bond acceptors (Lipinski definition) is 3. The lowest BCUT2D eigenvalue weighted by Crippen LogP contribution is -2.52. The quantitative estimate of drug-likeness (QED) is 0.778. The predicted octanol–water partition coefficient (Wildman–Crippen LogP) is 2.69. The number of carbonyl (C=O) groups is 2. The standard InChI is InChI=1S/C23H29N3O2/c1-17(24-2)22(27)25-20-15-14-19-12-6-7-13-21(19)26(23(20)28)16-8-11-18-9-4-3-5-10-18/h3-7,9-10,12-13,17,20,24H,8,11,14-16H2,1-2H3,(H,25,27)/t17-,20?/m0/s1.